The average molecular weight is 527 g/mol. The van der Waals surface area contributed by atoms with Gasteiger partial charge in [0.15, 0.2) is 0 Å². The van der Waals surface area contributed by atoms with Crippen molar-refractivity contribution in [3.63, 3.8) is 0 Å². The van der Waals surface area contributed by atoms with Crippen molar-refractivity contribution in [2.75, 3.05) is 40.4 Å². The number of carboxylic acids is 2. The quantitative estimate of drug-likeness (QED) is 0.526. The Morgan fingerprint density at radius 3 is 2.18 bits per heavy atom. The van der Waals surface area contributed by atoms with Crippen LogP contribution in [0.25, 0.3) is 0 Å². The summed E-state index contributed by atoms with van der Waals surface area (Å²) in [7, 11) is 3.39. The van der Waals surface area contributed by atoms with E-state index in [1.165, 1.54) is 5.56 Å². The smallest absolute Gasteiger partial charge is 0.414 e. The fourth-order valence-electron chi connectivity index (χ4n) is 5.21. The second kappa shape index (κ2) is 14.4. The van der Waals surface area contributed by atoms with Crippen LogP contribution < -0.4 is 9.47 Å². The Morgan fingerprint density at radius 1 is 0.895 bits per heavy atom. The van der Waals surface area contributed by atoms with Crippen LogP contribution in [-0.2, 0) is 27.3 Å². The van der Waals surface area contributed by atoms with E-state index < -0.39 is 11.9 Å². The molecule has 0 saturated carbocycles. The van der Waals surface area contributed by atoms with Crippen LogP contribution in [0, 0.1) is 11.8 Å². The Kier molecular flexibility index (Phi) is 11.0. The number of nitrogens with zero attached hydrogens (tertiary/aromatic N) is 2. The van der Waals surface area contributed by atoms with Crippen LogP contribution in [0.3, 0.4) is 0 Å². The van der Waals surface area contributed by atoms with Crippen molar-refractivity contribution in [3.05, 3.63) is 59.7 Å². The molecule has 1 atom stereocenters. The third-order valence-corrected chi connectivity index (χ3v) is 7.21. The van der Waals surface area contributed by atoms with Crippen LogP contribution in [0.5, 0.6) is 11.5 Å². The average Bonchev–Trinajstić information content (AvgIpc) is 2.94. The van der Waals surface area contributed by atoms with Gasteiger partial charge in [-0.05, 0) is 68.3 Å². The summed E-state index contributed by atoms with van der Waals surface area (Å²) in [5, 5.41) is 14.8. The molecule has 2 saturated heterocycles. The van der Waals surface area contributed by atoms with Gasteiger partial charge in [-0.15, -0.1) is 0 Å². The topological polar surface area (TPSA) is 117 Å². The molecule has 9 heteroatoms. The van der Waals surface area contributed by atoms with Gasteiger partial charge in [0.1, 0.15) is 11.5 Å². The Balaban J connectivity index is 0.000000599. The van der Waals surface area contributed by atoms with Crippen LogP contribution in [0.15, 0.2) is 48.5 Å². The van der Waals surface area contributed by atoms with Gasteiger partial charge in [0.2, 0.25) is 5.91 Å². The van der Waals surface area contributed by atoms with Gasteiger partial charge in [0, 0.05) is 31.7 Å². The Morgan fingerprint density at radius 2 is 1.58 bits per heavy atom. The number of methoxy groups -OCH3 is 2. The van der Waals surface area contributed by atoms with Crippen molar-refractivity contribution in [2.45, 2.75) is 38.6 Å². The first-order valence-electron chi connectivity index (χ1n) is 13.0. The van der Waals surface area contributed by atoms with Crippen LogP contribution in [0.2, 0.25) is 0 Å². The minimum Gasteiger partial charge on any atom is -0.497 e. The zero-order valence-corrected chi connectivity index (χ0v) is 22.2. The summed E-state index contributed by atoms with van der Waals surface area (Å²) in [6.45, 7) is 4.42. The lowest BCUT2D eigenvalue weighted by Crippen LogP contribution is -2.47. The minimum atomic E-state index is -1.82. The van der Waals surface area contributed by atoms with Crippen LogP contribution in [0.4, 0.5) is 0 Å². The summed E-state index contributed by atoms with van der Waals surface area (Å²) in [5.41, 5.74) is 2.52. The van der Waals surface area contributed by atoms with E-state index in [0.717, 1.165) is 81.9 Å². The molecule has 2 N–H and O–H groups in total. The van der Waals surface area contributed by atoms with E-state index in [0.29, 0.717) is 11.8 Å². The minimum absolute atomic E-state index is 0.103. The number of rotatable bonds is 7. The number of carbonyl (C=O) groups excluding carboxylic acids is 1. The highest BCUT2D eigenvalue weighted by molar-refractivity contribution is 6.27. The van der Waals surface area contributed by atoms with Gasteiger partial charge in [0.25, 0.3) is 0 Å². The molecule has 0 radical (unpaired) electrons. The standard InChI is InChI=1S/C27H36N2O3.C2H2O4/c1-31-25-10-11-26(32-2)24(18-25)20-28-14-6-9-23(19-28)27(30)29-15-12-22(13-16-29)17-21-7-4-3-5-8-21;3-1(4)2(5)6/h3-5,7-8,10-11,18,22-23H,6,9,12-17,19-20H2,1-2H3;(H,3,4)(H,5,6). The first-order valence-corrected chi connectivity index (χ1v) is 13.0. The first-order chi connectivity index (χ1) is 18.3. The van der Waals surface area contributed by atoms with Crippen molar-refractivity contribution in [1.29, 1.82) is 0 Å². The summed E-state index contributed by atoms with van der Waals surface area (Å²) in [5.74, 6) is -0.796. The van der Waals surface area contributed by atoms with Crippen LogP contribution >= 0.6 is 0 Å². The molecule has 0 aromatic heterocycles. The number of benzene rings is 2. The van der Waals surface area contributed by atoms with Crippen LogP contribution in [0.1, 0.15) is 36.8 Å². The maximum atomic E-state index is 13.3. The van der Waals surface area contributed by atoms with Crippen LogP contribution in [-0.4, -0.2) is 78.3 Å². The molecular weight excluding hydrogens is 488 g/mol. The highest BCUT2D eigenvalue weighted by atomic mass is 16.5. The lowest BCUT2D eigenvalue weighted by atomic mass is 9.89. The lowest BCUT2D eigenvalue weighted by Gasteiger charge is -2.38. The van der Waals surface area contributed by atoms with Gasteiger partial charge < -0.3 is 24.6 Å². The lowest BCUT2D eigenvalue weighted by molar-refractivity contribution is -0.159. The predicted octanol–water partition coefficient (Wildman–Crippen LogP) is 3.55. The zero-order valence-electron chi connectivity index (χ0n) is 22.2. The molecule has 2 aromatic carbocycles. The fraction of sp³-hybridized carbons (Fsp3) is 0.483. The van der Waals surface area contributed by atoms with E-state index in [4.69, 9.17) is 29.3 Å². The Labute approximate surface area is 224 Å². The number of hydrogen-bond acceptors (Lipinski definition) is 6. The molecule has 9 nitrogen and oxygen atoms in total. The predicted molar refractivity (Wildman–Crippen MR) is 142 cm³/mol. The number of piperidine rings is 2. The highest BCUT2D eigenvalue weighted by Crippen LogP contribution is 2.29. The van der Waals surface area contributed by atoms with Gasteiger partial charge >= 0.3 is 11.9 Å². The molecule has 38 heavy (non-hydrogen) atoms. The van der Waals surface area contributed by atoms with E-state index in [2.05, 4.69) is 40.1 Å². The molecule has 0 aliphatic carbocycles. The number of ether oxygens (including phenoxy) is 2. The molecule has 2 aromatic rings. The molecule has 4 rings (SSSR count). The molecule has 1 amide bonds. The van der Waals surface area contributed by atoms with Crippen molar-refractivity contribution >= 4 is 17.8 Å². The van der Waals surface area contributed by atoms with Crippen molar-refractivity contribution in [3.8, 4) is 11.5 Å². The van der Waals surface area contributed by atoms with Gasteiger partial charge in [-0.1, -0.05) is 30.3 Å². The maximum Gasteiger partial charge on any atom is 0.414 e. The number of aliphatic carboxylic acids is 2. The van der Waals surface area contributed by atoms with E-state index in [9.17, 15) is 4.79 Å². The monoisotopic (exact) mass is 526 g/mol. The third kappa shape index (κ3) is 8.48. The number of likely N-dealkylation sites (tertiary alicyclic amines) is 2. The van der Waals surface area contributed by atoms with E-state index >= 15 is 0 Å². The summed E-state index contributed by atoms with van der Waals surface area (Å²) in [4.78, 5) is 36.0. The SMILES string of the molecule is COc1ccc(OC)c(CN2CCCC(C(=O)N3CCC(Cc4ccccc4)CC3)C2)c1.O=C(O)C(=O)O. The van der Waals surface area contributed by atoms with Gasteiger partial charge in [-0.2, -0.15) is 0 Å². The number of amides is 1. The molecule has 2 aliphatic heterocycles. The van der Waals surface area contributed by atoms with Gasteiger partial charge in [0.05, 0.1) is 20.1 Å². The summed E-state index contributed by atoms with van der Waals surface area (Å²) >= 11 is 0. The summed E-state index contributed by atoms with van der Waals surface area (Å²) < 4.78 is 10.9. The molecule has 0 bridgehead atoms. The fourth-order valence-corrected chi connectivity index (χ4v) is 5.21. The van der Waals surface area contributed by atoms with Crippen molar-refractivity contribution in [2.24, 2.45) is 11.8 Å². The van der Waals surface area contributed by atoms with E-state index in [1.807, 2.05) is 18.2 Å². The van der Waals surface area contributed by atoms with Gasteiger partial charge in [-0.25, -0.2) is 9.59 Å². The number of hydrogen-bond donors (Lipinski definition) is 2. The second-order valence-corrected chi connectivity index (χ2v) is 9.82. The van der Waals surface area contributed by atoms with Crippen molar-refractivity contribution < 1.29 is 34.1 Å². The molecule has 2 fully saturated rings. The number of carboxylic acid groups (broad SMARTS) is 2. The number of carbonyl (C=O) groups is 3. The maximum absolute atomic E-state index is 13.3. The summed E-state index contributed by atoms with van der Waals surface area (Å²) in [6.07, 6.45) is 5.40. The van der Waals surface area contributed by atoms with E-state index in [-0.39, 0.29) is 5.92 Å². The Bertz CT molecular complexity index is 1060. The second-order valence-electron chi connectivity index (χ2n) is 9.82. The largest absolute Gasteiger partial charge is 0.497 e. The molecule has 0 spiro atoms. The van der Waals surface area contributed by atoms with Crippen molar-refractivity contribution in [1.82, 2.24) is 9.80 Å². The molecule has 2 aliphatic rings. The Hall–Kier alpha value is -3.59. The molecule has 1 unspecified atom stereocenters. The van der Waals surface area contributed by atoms with Gasteiger partial charge in [-0.3, -0.25) is 9.69 Å². The molecule has 2 heterocycles. The summed E-state index contributed by atoms with van der Waals surface area (Å²) in [6, 6.07) is 16.7. The van der Waals surface area contributed by atoms with E-state index in [1.54, 1.807) is 14.2 Å². The highest BCUT2D eigenvalue weighted by Gasteiger charge is 2.31. The normalized spacial score (nSPS) is 18.2. The molecule has 206 valence electrons. The zero-order chi connectivity index (χ0) is 27.5. The molecular formula is C29H38N2O7. The first kappa shape index (κ1) is 29.0. The third-order valence-electron chi connectivity index (χ3n) is 7.21.